The Balaban J connectivity index is 1.45. The molecule has 3 saturated heterocycles. The Morgan fingerprint density at radius 1 is 1.05 bits per heavy atom. The zero-order valence-corrected chi connectivity index (χ0v) is 24.8. The fourth-order valence-electron chi connectivity index (χ4n) is 6.65. The molecule has 0 aromatic heterocycles. The summed E-state index contributed by atoms with van der Waals surface area (Å²) >= 11 is 5.47. The van der Waals surface area contributed by atoms with Crippen LogP contribution in [0.5, 0.6) is 0 Å². The largest absolute Gasteiger partial charge is 0.396 e. The highest BCUT2D eigenvalue weighted by atomic mass is 79.9. The van der Waals surface area contributed by atoms with E-state index >= 15 is 0 Å². The van der Waals surface area contributed by atoms with Crippen molar-refractivity contribution >= 4 is 51.1 Å². The molecule has 0 aliphatic carbocycles. The predicted octanol–water partition coefficient (Wildman–Crippen LogP) is 4.19. The summed E-state index contributed by atoms with van der Waals surface area (Å²) in [5, 5.41) is 15.4. The number of nitrogens with one attached hydrogen (secondary N) is 2. The number of anilines is 1. The van der Waals surface area contributed by atoms with Crippen molar-refractivity contribution in [1.82, 2.24) is 10.2 Å². The third-order valence-corrected chi connectivity index (χ3v) is 11.7. The second-order valence-electron chi connectivity index (χ2n) is 10.9. The third-order valence-electron chi connectivity index (χ3n) is 8.44. The van der Waals surface area contributed by atoms with Crippen LogP contribution in [0.3, 0.4) is 0 Å². The van der Waals surface area contributed by atoms with Crippen molar-refractivity contribution < 1.29 is 19.5 Å². The number of rotatable bonds is 10. The van der Waals surface area contributed by atoms with Gasteiger partial charge in [-0.05, 0) is 56.2 Å². The van der Waals surface area contributed by atoms with Crippen LogP contribution in [0.15, 0.2) is 48.5 Å². The number of para-hydroxylation sites is 1. The monoisotopic (exact) mass is 613 g/mol. The predicted molar refractivity (Wildman–Crippen MR) is 158 cm³/mol. The molecule has 7 nitrogen and oxygen atoms in total. The van der Waals surface area contributed by atoms with Crippen LogP contribution >= 0.6 is 27.7 Å². The number of carbonyl (C=O) groups excluding carboxylic acids is 3. The molecule has 3 aliphatic heterocycles. The average molecular weight is 615 g/mol. The molecule has 2 bridgehead atoms. The summed E-state index contributed by atoms with van der Waals surface area (Å²) in [6.07, 6.45) is 2.76. The smallest absolute Gasteiger partial charge is 0.248 e. The van der Waals surface area contributed by atoms with Gasteiger partial charge in [0, 0.05) is 35.5 Å². The molecule has 0 radical (unpaired) electrons. The van der Waals surface area contributed by atoms with E-state index in [1.165, 1.54) is 0 Å². The number of alkyl halides is 1. The Hall–Kier alpha value is -2.36. The molecule has 3 heterocycles. The van der Waals surface area contributed by atoms with Gasteiger partial charge in [0.15, 0.2) is 0 Å². The number of amides is 3. The van der Waals surface area contributed by atoms with Crippen LogP contribution in [0, 0.1) is 25.7 Å². The van der Waals surface area contributed by atoms with Crippen LogP contribution in [-0.4, -0.2) is 61.7 Å². The molecular formula is C30H36BrN3O4S. The number of hydrogen-bond donors (Lipinski definition) is 3. The summed E-state index contributed by atoms with van der Waals surface area (Å²) in [6.45, 7) is 4.86. The number of likely N-dealkylation sites (tertiary alicyclic amines) is 1. The SMILES string of the molecule is Cc1cccc(C)c1NC(=O)C1N(CCCCCO)C(=O)[C@@H]2[C@@H](C(=O)NCc3ccccc3)[C@@H]3SC12CC3Br. The number of hydrogen-bond acceptors (Lipinski definition) is 5. The first-order chi connectivity index (χ1) is 18.8. The Morgan fingerprint density at radius 2 is 1.77 bits per heavy atom. The van der Waals surface area contributed by atoms with E-state index in [4.69, 9.17) is 0 Å². The molecule has 5 rings (SSSR count). The number of halogens is 1. The number of carbonyl (C=O) groups is 3. The Bertz CT molecular complexity index is 1220. The first-order valence-electron chi connectivity index (χ1n) is 13.7. The van der Waals surface area contributed by atoms with Gasteiger partial charge in [-0.2, -0.15) is 0 Å². The van der Waals surface area contributed by atoms with Crippen molar-refractivity contribution in [1.29, 1.82) is 0 Å². The summed E-state index contributed by atoms with van der Waals surface area (Å²) in [4.78, 5) is 43.7. The highest BCUT2D eigenvalue weighted by molar-refractivity contribution is 9.09. The van der Waals surface area contributed by atoms with E-state index in [9.17, 15) is 19.5 Å². The maximum atomic E-state index is 14.1. The summed E-state index contributed by atoms with van der Waals surface area (Å²) < 4.78 is -0.678. The van der Waals surface area contributed by atoms with Gasteiger partial charge in [0.05, 0.1) is 16.6 Å². The molecule has 3 unspecified atom stereocenters. The fraction of sp³-hybridized carbons (Fsp3) is 0.500. The lowest BCUT2D eigenvalue weighted by molar-refractivity contribution is -0.139. The number of nitrogens with zero attached hydrogens (tertiary/aromatic N) is 1. The highest BCUT2D eigenvalue weighted by Gasteiger charge is 2.75. The minimum atomic E-state index is -0.678. The van der Waals surface area contributed by atoms with Crippen LogP contribution in [0.25, 0.3) is 0 Å². The number of aryl methyl sites for hydroxylation is 2. The molecule has 208 valence electrons. The van der Waals surface area contributed by atoms with Gasteiger partial charge in [0.1, 0.15) is 6.04 Å². The van der Waals surface area contributed by atoms with Crippen molar-refractivity contribution in [2.24, 2.45) is 11.8 Å². The normalized spacial score (nSPS) is 29.0. The fourth-order valence-corrected chi connectivity index (χ4v) is 10.3. The molecule has 3 fully saturated rings. The van der Waals surface area contributed by atoms with E-state index in [2.05, 4.69) is 26.6 Å². The van der Waals surface area contributed by atoms with E-state index in [-0.39, 0.29) is 34.4 Å². The summed E-state index contributed by atoms with van der Waals surface area (Å²) in [6, 6.07) is 15.0. The van der Waals surface area contributed by atoms with E-state index in [0.717, 1.165) is 28.8 Å². The molecule has 9 heteroatoms. The number of aliphatic hydroxyl groups is 1. The van der Waals surface area contributed by atoms with Crippen LogP contribution < -0.4 is 10.6 Å². The molecule has 2 aromatic carbocycles. The van der Waals surface area contributed by atoms with Gasteiger partial charge in [-0.15, -0.1) is 11.8 Å². The van der Waals surface area contributed by atoms with Gasteiger partial charge in [0.25, 0.3) is 0 Å². The topological polar surface area (TPSA) is 98.7 Å². The first-order valence-corrected chi connectivity index (χ1v) is 15.5. The van der Waals surface area contributed by atoms with Crippen molar-refractivity contribution in [3.05, 3.63) is 65.2 Å². The van der Waals surface area contributed by atoms with Crippen LogP contribution in [0.2, 0.25) is 0 Å². The second kappa shape index (κ2) is 11.6. The zero-order valence-electron chi connectivity index (χ0n) is 22.4. The standard InChI is InChI=1S/C30H36BrN3O4S/c1-18-10-9-11-19(2)24(18)33-28(37)26-30-16-21(31)25(39-30)22(27(36)32-17-20-12-5-3-6-13-20)23(30)29(38)34(26)14-7-4-8-15-35/h3,5-6,9-13,21-23,25-26,35H,4,7-8,14-17H2,1-2H3,(H,32,36)(H,33,37)/t21?,22-,23+,25-,26?,30?/m1/s1. The number of unbranched alkanes of at least 4 members (excludes halogenated alkanes) is 2. The Kier molecular flexibility index (Phi) is 8.40. The number of benzene rings is 2. The van der Waals surface area contributed by atoms with Crippen LogP contribution in [0.4, 0.5) is 5.69 Å². The highest BCUT2D eigenvalue weighted by Crippen LogP contribution is 2.67. The zero-order chi connectivity index (χ0) is 27.7. The summed E-state index contributed by atoms with van der Waals surface area (Å²) in [5.74, 6) is -1.49. The maximum Gasteiger partial charge on any atom is 0.248 e. The molecule has 3 amide bonds. The average Bonchev–Trinajstić information content (AvgIpc) is 3.51. The number of fused-ring (bicyclic) bond motifs is 1. The van der Waals surface area contributed by atoms with Crippen LogP contribution in [-0.2, 0) is 20.9 Å². The van der Waals surface area contributed by atoms with E-state index in [0.29, 0.717) is 32.4 Å². The van der Waals surface area contributed by atoms with E-state index in [1.807, 2.05) is 62.4 Å². The van der Waals surface area contributed by atoms with Crippen molar-refractivity contribution in [3.8, 4) is 0 Å². The minimum Gasteiger partial charge on any atom is -0.396 e. The number of thioether (sulfide) groups is 1. The molecule has 3 aliphatic rings. The van der Waals surface area contributed by atoms with E-state index in [1.54, 1.807) is 16.7 Å². The van der Waals surface area contributed by atoms with Crippen molar-refractivity contribution in [2.45, 2.75) is 66.9 Å². The Labute approximate surface area is 242 Å². The van der Waals surface area contributed by atoms with Crippen molar-refractivity contribution in [2.75, 3.05) is 18.5 Å². The second-order valence-corrected chi connectivity index (χ2v) is 13.7. The maximum absolute atomic E-state index is 14.1. The first kappa shape index (κ1) is 28.2. The van der Waals surface area contributed by atoms with Crippen molar-refractivity contribution in [3.63, 3.8) is 0 Å². The molecule has 39 heavy (non-hydrogen) atoms. The van der Waals surface area contributed by atoms with Gasteiger partial charge in [-0.25, -0.2) is 0 Å². The summed E-state index contributed by atoms with van der Waals surface area (Å²) in [7, 11) is 0. The van der Waals surface area contributed by atoms with Gasteiger partial charge in [0.2, 0.25) is 17.7 Å². The van der Waals surface area contributed by atoms with Gasteiger partial charge >= 0.3 is 0 Å². The lowest BCUT2D eigenvalue weighted by Crippen LogP contribution is -2.53. The molecule has 2 aromatic rings. The van der Waals surface area contributed by atoms with Gasteiger partial charge < -0.3 is 20.6 Å². The Morgan fingerprint density at radius 3 is 2.46 bits per heavy atom. The molecular weight excluding hydrogens is 578 g/mol. The van der Waals surface area contributed by atoms with Gasteiger partial charge in [-0.1, -0.05) is 64.5 Å². The summed E-state index contributed by atoms with van der Waals surface area (Å²) in [5.41, 5.74) is 3.72. The van der Waals surface area contributed by atoms with E-state index < -0.39 is 22.6 Å². The third kappa shape index (κ3) is 5.13. The lowest BCUT2D eigenvalue weighted by Gasteiger charge is -2.35. The molecule has 1 spiro atoms. The lowest BCUT2D eigenvalue weighted by atomic mass is 9.70. The van der Waals surface area contributed by atoms with Gasteiger partial charge in [-0.3, -0.25) is 14.4 Å². The quantitative estimate of drug-likeness (QED) is 0.276. The minimum absolute atomic E-state index is 0.0314. The molecule has 3 N–H and O–H groups in total. The molecule has 6 atom stereocenters. The van der Waals surface area contributed by atoms with Crippen LogP contribution in [0.1, 0.15) is 42.4 Å². The molecule has 0 saturated carbocycles. The number of aliphatic hydroxyl groups excluding tert-OH is 1.